The molecule has 0 aliphatic carbocycles. The van der Waals surface area contributed by atoms with E-state index in [0.29, 0.717) is 29.3 Å². The van der Waals surface area contributed by atoms with E-state index in [0.717, 1.165) is 40.5 Å². The molecular weight excluding hydrogens is 433 g/mol. The van der Waals surface area contributed by atoms with Crippen LogP contribution in [0.5, 0.6) is 0 Å². The highest BCUT2D eigenvalue weighted by atomic mass is 35.5. The summed E-state index contributed by atoms with van der Waals surface area (Å²) in [6.45, 7) is 8.41. The lowest BCUT2D eigenvalue weighted by Crippen LogP contribution is -2.23. The van der Waals surface area contributed by atoms with E-state index < -0.39 is 0 Å². The van der Waals surface area contributed by atoms with E-state index >= 15 is 0 Å². The molecule has 0 radical (unpaired) electrons. The number of nitriles is 1. The van der Waals surface area contributed by atoms with E-state index in [2.05, 4.69) is 41.0 Å². The van der Waals surface area contributed by atoms with Gasteiger partial charge in [0.25, 0.3) is 0 Å². The highest BCUT2D eigenvalue weighted by Crippen LogP contribution is 2.32. The van der Waals surface area contributed by atoms with Crippen LogP contribution in [-0.4, -0.2) is 37.7 Å². The van der Waals surface area contributed by atoms with Gasteiger partial charge in [-0.05, 0) is 36.6 Å². The second-order valence-electron chi connectivity index (χ2n) is 7.94. The summed E-state index contributed by atoms with van der Waals surface area (Å²) in [4.78, 5) is 13.1. The van der Waals surface area contributed by atoms with E-state index in [-0.39, 0.29) is 0 Å². The van der Waals surface area contributed by atoms with E-state index in [1.165, 1.54) is 5.56 Å². The van der Waals surface area contributed by atoms with Crippen LogP contribution in [0.4, 0.5) is 5.69 Å². The predicted octanol–water partition coefficient (Wildman–Crippen LogP) is 4.79. The summed E-state index contributed by atoms with van der Waals surface area (Å²) in [5, 5.41) is 15.7. The molecule has 1 fully saturated rings. The van der Waals surface area contributed by atoms with E-state index in [4.69, 9.17) is 28.2 Å². The zero-order chi connectivity index (χ0) is 22.3. The number of pyridine rings is 2. The molecule has 0 saturated carbocycles. The lowest BCUT2D eigenvalue weighted by atomic mass is 9.99. The maximum Gasteiger partial charge on any atom is 0.158 e. The summed E-state index contributed by atoms with van der Waals surface area (Å²) in [7, 11) is 1.92. The Hall–Kier alpha value is -2.82. The molecule has 0 atom stereocenters. The van der Waals surface area contributed by atoms with Crippen molar-refractivity contribution in [3.63, 3.8) is 0 Å². The van der Waals surface area contributed by atoms with E-state index in [1.54, 1.807) is 18.2 Å². The van der Waals surface area contributed by atoms with Crippen molar-refractivity contribution in [1.82, 2.24) is 24.6 Å². The first kappa shape index (κ1) is 21.4. The van der Waals surface area contributed by atoms with Crippen LogP contribution in [0.15, 0.2) is 30.1 Å². The molecule has 3 aromatic rings. The lowest BCUT2D eigenvalue weighted by molar-refractivity contribution is 0.386. The van der Waals surface area contributed by atoms with Crippen molar-refractivity contribution in [3.8, 4) is 6.07 Å². The molecule has 4 heterocycles. The van der Waals surface area contributed by atoms with Crippen molar-refractivity contribution < 1.29 is 0 Å². The maximum atomic E-state index is 9.41. The molecule has 1 aliphatic heterocycles. The Morgan fingerprint density at radius 2 is 1.87 bits per heavy atom. The first-order chi connectivity index (χ1) is 14.8. The molecule has 0 spiro atoms. The molecule has 1 saturated heterocycles. The summed E-state index contributed by atoms with van der Waals surface area (Å²) in [6.07, 6.45) is 1.55. The fourth-order valence-electron chi connectivity index (χ4n) is 4.14. The summed E-state index contributed by atoms with van der Waals surface area (Å²) >= 11 is 12.2. The average molecular weight is 456 g/mol. The molecule has 7 nitrogen and oxygen atoms in total. The van der Waals surface area contributed by atoms with Crippen LogP contribution in [0.25, 0.3) is 11.0 Å². The van der Waals surface area contributed by atoms with Crippen LogP contribution < -0.4 is 4.90 Å². The fourth-order valence-corrected chi connectivity index (χ4v) is 4.59. The number of aromatic nitrogens is 4. The maximum absolute atomic E-state index is 9.41. The zero-order valence-corrected chi connectivity index (χ0v) is 19.4. The minimum atomic E-state index is 0.317. The third-order valence-electron chi connectivity index (χ3n) is 5.47. The van der Waals surface area contributed by atoms with Gasteiger partial charge in [0.2, 0.25) is 0 Å². The molecule has 0 amide bonds. The summed E-state index contributed by atoms with van der Waals surface area (Å²) in [5.41, 5.74) is 4.86. The standard InChI is InChI=1S/C22H23Cl2N7/c1-13(2)17-9-15(26-22-21(17)14(3)28-29(22)4)12-30-7-8-31(20(30)5-6-25)16-10-18(23)27-19(24)11-16/h5,9-11,13H,7-8,12H2,1-4H3/b20-5+. The van der Waals surface area contributed by atoms with Gasteiger partial charge in [-0.15, -0.1) is 0 Å². The topological polar surface area (TPSA) is 73.9 Å². The average Bonchev–Trinajstić information content (AvgIpc) is 3.21. The molecule has 160 valence electrons. The number of hydrogen-bond acceptors (Lipinski definition) is 6. The zero-order valence-electron chi connectivity index (χ0n) is 17.9. The smallest absolute Gasteiger partial charge is 0.158 e. The largest absolute Gasteiger partial charge is 0.350 e. The lowest BCUT2D eigenvalue weighted by Gasteiger charge is -2.24. The molecule has 4 rings (SSSR count). The highest BCUT2D eigenvalue weighted by Gasteiger charge is 2.28. The molecule has 0 aromatic carbocycles. The predicted molar refractivity (Wildman–Crippen MR) is 123 cm³/mol. The van der Waals surface area contributed by atoms with Crippen molar-refractivity contribution >= 4 is 39.9 Å². The third-order valence-corrected chi connectivity index (χ3v) is 5.86. The Balaban J connectivity index is 1.71. The van der Waals surface area contributed by atoms with Gasteiger partial charge in [0.15, 0.2) is 5.65 Å². The fraction of sp³-hybridized carbons (Fsp3) is 0.364. The summed E-state index contributed by atoms with van der Waals surface area (Å²) in [5.74, 6) is 1.13. The van der Waals surface area contributed by atoms with E-state index in [9.17, 15) is 5.26 Å². The quantitative estimate of drug-likeness (QED) is 0.415. The van der Waals surface area contributed by atoms with Crippen LogP contribution >= 0.6 is 23.2 Å². The van der Waals surface area contributed by atoms with Gasteiger partial charge in [-0.2, -0.15) is 10.4 Å². The Morgan fingerprint density at radius 1 is 1.16 bits per heavy atom. The molecule has 9 heteroatoms. The first-order valence-electron chi connectivity index (χ1n) is 10.1. The molecule has 0 unspecified atom stereocenters. The van der Waals surface area contributed by atoms with Gasteiger partial charge >= 0.3 is 0 Å². The molecule has 0 N–H and O–H groups in total. The van der Waals surface area contributed by atoms with Crippen molar-refractivity contribution in [2.24, 2.45) is 7.05 Å². The molecule has 0 bridgehead atoms. The van der Waals surface area contributed by atoms with Gasteiger partial charge in [-0.3, -0.25) is 4.68 Å². The molecular formula is C22H23Cl2N7. The minimum Gasteiger partial charge on any atom is -0.350 e. The highest BCUT2D eigenvalue weighted by molar-refractivity contribution is 6.32. The molecule has 3 aromatic heterocycles. The Kier molecular flexibility index (Phi) is 5.78. The summed E-state index contributed by atoms with van der Waals surface area (Å²) < 4.78 is 1.84. The van der Waals surface area contributed by atoms with Crippen LogP contribution in [0, 0.1) is 18.3 Å². The Bertz CT molecular complexity index is 1200. The number of halogens is 2. The number of aryl methyl sites for hydroxylation is 2. The number of fused-ring (bicyclic) bond motifs is 1. The third kappa shape index (κ3) is 4.06. The molecule has 31 heavy (non-hydrogen) atoms. The van der Waals surface area contributed by atoms with E-state index in [1.807, 2.05) is 23.6 Å². The SMILES string of the molecule is Cc1nn(C)c2nc(CN3CCN(c4cc(Cl)nc(Cl)c4)/C3=C/C#N)cc(C(C)C)c12. The Labute approximate surface area is 191 Å². The van der Waals surface area contributed by atoms with Crippen LogP contribution in [-0.2, 0) is 13.6 Å². The van der Waals surface area contributed by atoms with Crippen LogP contribution in [0.1, 0.15) is 36.7 Å². The van der Waals surface area contributed by atoms with Crippen LogP contribution in [0.3, 0.4) is 0 Å². The van der Waals surface area contributed by atoms with Crippen molar-refractivity contribution in [1.29, 1.82) is 5.26 Å². The first-order valence-corrected chi connectivity index (χ1v) is 10.8. The summed E-state index contributed by atoms with van der Waals surface area (Å²) in [6, 6.07) is 7.83. The van der Waals surface area contributed by atoms with Gasteiger partial charge in [-0.1, -0.05) is 37.0 Å². The number of nitrogens with zero attached hydrogens (tertiary/aromatic N) is 7. The van der Waals surface area contributed by atoms with Gasteiger partial charge in [0.1, 0.15) is 16.1 Å². The van der Waals surface area contributed by atoms with Gasteiger partial charge in [0, 0.05) is 31.2 Å². The monoisotopic (exact) mass is 455 g/mol. The second kappa shape index (κ2) is 8.37. The van der Waals surface area contributed by atoms with Crippen molar-refractivity contribution in [2.45, 2.75) is 33.2 Å². The molecule has 1 aliphatic rings. The van der Waals surface area contributed by atoms with Crippen molar-refractivity contribution in [3.05, 3.63) is 57.4 Å². The number of allylic oxidation sites excluding steroid dienone is 1. The number of anilines is 1. The second-order valence-corrected chi connectivity index (χ2v) is 8.72. The van der Waals surface area contributed by atoms with Crippen molar-refractivity contribution in [2.75, 3.05) is 18.0 Å². The van der Waals surface area contributed by atoms with Gasteiger partial charge < -0.3 is 9.80 Å². The minimum absolute atomic E-state index is 0.317. The van der Waals surface area contributed by atoms with Crippen LogP contribution in [0.2, 0.25) is 10.3 Å². The van der Waals surface area contributed by atoms with Gasteiger partial charge in [-0.25, -0.2) is 9.97 Å². The number of hydrogen-bond donors (Lipinski definition) is 0. The Morgan fingerprint density at radius 3 is 2.52 bits per heavy atom. The van der Waals surface area contributed by atoms with Gasteiger partial charge in [0.05, 0.1) is 30.1 Å². The normalized spacial score (nSPS) is 15.5. The number of rotatable bonds is 4.